The summed E-state index contributed by atoms with van der Waals surface area (Å²) in [4.78, 5) is 21.3. The summed E-state index contributed by atoms with van der Waals surface area (Å²) in [6.07, 6.45) is -1.36. The number of nitro groups is 1. The molecule has 0 bridgehead atoms. The number of halogens is 1. The molecular weight excluding hydrogens is 257 g/mol. The van der Waals surface area contributed by atoms with Crippen LogP contribution in [0.1, 0.15) is 19.3 Å². The third-order valence-electron chi connectivity index (χ3n) is 2.87. The van der Waals surface area contributed by atoms with Crippen molar-refractivity contribution in [1.82, 2.24) is 0 Å². The fourth-order valence-corrected chi connectivity index (χ4v) is 1.89. The van der Waals surface area contributed by atoms with Crippen LogP contribution in [0.4, 0.5) is 14.9 Å². The fraction of sp³-hybridized carbons (Fsp3) is 0.417. The number of rotatable bonds is 3. The highest BCUT2D eigenvalue weighted by Crippen LogP contribution is 2.25. The molecule has 0 saturated heterocycles. The summed E-state index contributed by atoms with van der Waals surface area (Å²) in [6, 6.07) is 4.97. The van der Waals surface area contributed by atoms with Crippen LogP contribution >= 0.6 is 0 Å². The molecule has 0 aliphatic heterocycles. The Kier molecular flexibility index (Phi) is 3.94. The van der Waals surface area contributed by atoms with E-state index in [1.165, 1.54) is 24.3 Å². The molecule has 0 unspecified atom stereocenters. The molecule has 0 heterocycles. The maximum atomic E-state index is 13.2. The smallest absolute Gasteiger partial charge is 0.428 e. The topological polar surface area (TPSA) is 78.7 Å². The molecule has 7 heteroatoms. The molecule has 1 aromatic carbocycles. The van der Waals surface area contributed by atoms with Gasteiger partial charge < -0.3 is 9.47 Å². The van der Waals surface area contributed by atoms with E-state index in [1.807, 2.05) is 0 Å². The van der Waals surface area contributed by atoms with Crippen molar-refractivity contribution >= 4 is 11.8 Å². The summed E-state index contributed by atoms with van der Waals surface area (Å²) in [5, 5.41) is 10.4. The van der Waals surface area contributed by atoms with Crippen molar-refractivity contribution in [1.29, 1.82) is 0 Å². The van der Waals surface area contributed by atoms with Gasteiger partial charge in [0.15, 0.2) is 0 Å². The van der Waals surface area contributed by atoms with Crippen LogP contribution in [0, 0.1) is 10.1 Å². The SMILES string of the molecule is O=C(Oc1ccc([N+](=O)[O-])cc1)O[C@@H]1CCC[C@H]1F. The first-order chi connectivity index (χ1) is 9.06. The molecule has 1 aliphatic rings. The van der Waals surface area contributed by atoms with Crippen molar-refractivity contribution in [2.75, 3.05) is 0 Å². The monoisotopic (exact) mass is 269 g/mol. The Morgan fingerprint density at radius 3 is 2.53 bits per heavy atom. The average molecular weight is 269 g/mol. The highest BCUT2D eigenvalue weighted by Gasteiger charge is 2.31. The van der Waals surface area contributed by atoms with E-state index in [4.69, 9.17) is 9.47 Å². The van der Waals surface area contributed by atoms with Gasteiger partial charge in [0.25, 0.3) is 5.69 Å². The second-order valence-corrected chi connectivity index (χ2v) is 4.21. The number of nitro benzene ring substituents is 1. The average Bonchev–Trinajstić information content (AvgIpc) is 2.75. The highest BCUT2D eigenvalue weighted by atomic mass is 19.1. The number of non-ortho nitro benzene ring substituents is 1. The second kappa shape index (κ2) is 5.64. The summed E-state index contributed by atoms with van der Waals surface area (Å²) in [5.41, 5.74) is -0.111. The molecule has 1 saturated carbocycles. The zero-order valence-corrected chi connectivity index (χ0v) is 9.95. The van der Waals surface area contributed by atoms with E-state index in [0.29, 0.717) is 19.3 Å². The summed E-state index contributed by atoms with van der Waals surface area (Å²) < 4.78 is 22.9. The second-order valence-electron chi connectivity index (χ2n) is 4.21. The predicted octanol–water partition coefficient (Wildman–Crippen LogP) is 3.00. The number of alkyl halides is 1. The lowest BCUT2D eigenvalue weighted by molar-refractivity contribution is -0.384. The first-order valence-electron chi connectivity index (χ1n) is 5.83. The van der Waals surface area contributed by atoms with Gasteiger partial charge in [-0.25, -0.2) is 9.18 Å². The van der Waals surface area contributed by atoms with Crippen molar-refractivity contribution < 1.29 is 23.6 Å². The number of carbonyl (C=O) groups excluding carboxylic acids is 1. The molecule has 1 fully saturated rings. The van der Waals surface area contributed by atoms with Gasteiger partial charge in [-0.05, 0) is 31.4 Å². The van der Waals surface area contributed by atoms with Gasteiger partial charge in [0.05, 0.1) is 4.92 Å². The molecule has 0 aromatic heterocycles. The first kappa shape index (κ1) is 13.3. The van der Waals surface area contributed by atoms with Crippen LogP contribution in [0.15, 0.2) is 24.3 Å². The molecule has 19 heavy (non-hydrogen) atoms. The highest BCUT2D eigenvalue weighted by molar-refractivity contribution is 5.64. The molecule has 0 amide bonds. The van der Waals surface area contributed by atoms with Crippen LogP contribution in [0.2, 0.25) is 0 Å². The van der Waals surface area contributed by atoms with E-state index in [1.54, 1.807) is 0 Å². The number of hydrogen-bond acceptors (Lipinski definition) is 5. The molecule has 2 rings (SSSR count). The minimum absolute atomic E-state index is 0.111. The summed E-state index contributed by atoms with van der Waals surface area (Å²) in [5.74, 6) is 0.115. The third kappa shape index (κ3) is 3.40. The van der Waals surface area contributed by atoms with Crippen LogP contribution < -0.4 is 4.74 Å². The van der Waals surface area contributed by atoms with Crippen LogP contribution in [0.25, 0.3) is 0 Å². The quantitative estimate of drug-likeness (QED) is 0.365. The van der Waals surface area contributed by atoms with E-state index >= 15 is 0 Å². The zero-order valence-electron chi connectivity index (χ0n) is 9.95. The lowest BCUT2D eigenvalue weighted by atomic mass is 10.3. The van der Waals surface area contributed by atoms with E-state index in [0.717, 1.165) is 0 Å². The molecule has 1 aromatic rings. The van der Waals surface area contributed by atoms with Crippen molar-refractivity contribution in [3.05, 3.63) is 34.4 Å². The van der Waals surface area contributed by atoms with Gasteiger partial charge >= 0.3 is 6.16 Å². The Labute approximate surface area is 108 Å². The van der Waals surface area contributed by atoms with Gasteiger partial charge in [0.2, 0.25) is 0 Å². The number of hydrogen-bond donors (Lipinski definition) is 0. The van der Waals surface area contributed by atoms with Crippen LogP contribution in [-0.4, -0.2) is 23.4 Å². The van der Waals surface area contributed by atoms with Gasteiger partial charge in [0.1, 0.15) is 18.0 Å². The normalized spacial score (nSPS) is 21.9. The zero-order chi connectivity index (χ0) is 13.8. The van der Waals surface area contributed by atoms with Gasteiger partial charge in [-0.2, -0.15) is 0 Å². The summed E-state index contributed by atoms with van der Waals surface area (Å²) in [6.45, 7) is 0. The summed E-state index contributed by atoms with van der Waals surface area (Å²) in [7, 11) is 0. The number of carbonyl (C=O) groups is 1. The van der Waals surface area contributed by atoms with Crippen LogP contribution in [0.5, 0.6) is 5.75 Å². The van der Waals surface area contributed by atoms with Crippen LogP contribution in [0.3, 0.4) is 0 Å². The molecule has 1 aliphatic carbocycles. The van der Waals surface area contributed by atoms with E-state index < -0.39 is 23.4 Å². The lowest BCUT2D eigenvalue weighted by Gasteiger charge is -2.13. The van der Waals surface area contributed by atoms with Crippen molar-refractivity contribution in [3.8, 4) is 5.75 Å². The Morgan fingerprint density at radius 2 is 2.00 bits per heavy atom. The standard InChI is InChI=1S/C12H12FNO5/c13-10-2-1-3-11(10)19-12(15)18-9-6-4-8(5-7-9)14(16)17/h4-7,10-11H,1-3H2/t10-,11-/m1/s1. The fourth-order valence-electron chi connectivity index (χ4n) is 1.89. The molecular formula is C12H12FNO5. The number of ether oxygens (including phenoxy) is 2. The van der Waals surface area contributed by atoms with Crippen LogP contribution in [-0.2, 0) is 4.74 Å². The molecule has 2 atom stereocenters. The Balaban J connectivity index is 1.89. The maximum Gasteiger partial charge on any atom is 0.514 e. The molecule has 6 nitrogen and oxygen atoms in total. The Bertz CT molecular complexity index is 476. The van der Waals surface area contributed by atoms with Gasteiger partial charge in [0, 0.05) is 12.1 Å². The van der Waals surface area contributed by atoms with Gasteiger partial charge in [-0.1, -0.05) is 0 Å². The lowest BCUT2D eigenvalue weighted by Crippen LogP contribution is -2.25. The minimum Gasteiger partial charge on any atom is -0.428 e. The molecule has 0 spiro atoms. The molecule has 102 valence electrons. The van der Waals surface area contributed by atoms with E-state index in [9.17, 15) is 19.3 Å². The predicted molar refractivity (Wildman–Crippen MR) is 62.7 cm³/mol. The number of nitrogens with zero attached hydrogens (tertiary/aromatic N) is 1. The maximum absolute atomic E-state index is 13.2. The van der Waals surface area contributed by atoms with Crippen molar-refractivity contribution in [2.24, 2.45) is 0 Å². The number of benzene rings is 1. The van der Waals surface area contributed by atoms with Gasteiger partial charge in [-0.15, -0.1) is 0 Å². The Morgan fingerprint density at radius 1 is 1.32 bits per heavy atom. The molecule has 0 radical (unpaired) electrons. The third-order valence-corrected chi connectivity index (χ3v) is 2.87. The molecule has 0 N–H and O–H groups in total. The largest absolute Gasteiger partial charge is 0.514 e. The van der Waals surface area contributed by atoms with Crippen molar-refractivity contribution in [2.45, 2.75) is 31.5 Å². The van der Waals surface area contributed by atoms with Crippen molar-refractivity contribution in [3.63, 3.8) is 0 Å². The first-order valence-corrected chi connectivity index (χ1v) is 5.83. The van der Waals surface area contributed by atoms with Gasteiger partial charge in [-0.3, -0.25) is 10.1 Å². The Hall–Kier alpha value is -2.18. The minimum atomic E-state index is -1.15. The van der Waals surface area contributed by atoms with E-state index in [-0.39, 0.29) is 11.4 Å². The van der Waals surface area contributed by atoms with E-state index in [2.05, 4.69) is 0 Å². The summed E-state index contributed by atoms with van der Waals surface area (Å²) >= 11 is 0.